The molecule has 0 bridgehead atoms. The van der Waals surface area contributed by atoms with Gasteiger partial charge in [-0.2, -0.15) is 0 Å². The Kier molecular flexibility index (Phi) is 9.08. The fraction of sp³-hybridized carbons (Fsp3) is 0.556. The van der Waals surface area contributed by atoms with E-state index >= 15 is 0 Å². The second-order valence-electron chi connectivity index (χ2n) is 6.69. The Balaban J connectivity index is 0.00000364. The summed E-state index contributed by atoms with van der Waals surface area (Å²) in [5.74, 6) is -2.95. The number of nitrogens with zero attached hydrogens (tertiary/aromatic N) is 2. The summed E-state index contributed by atoms with van der Waals surface area (Å²) in [6.07, 6.45) is 2.40. The number of likely N-dealkylation sites (tertiary alicyclic amines) is 1. The lowest BCUT2D eigenvalue weighted by molar-refractivity contribution is -0.138. The van der Waals surface area contributed by atoms with Gasteiger partial charge in [0.15, 0.2) is 0 Å². The van der Waals surface area contributed by atoms with Crippen molar-refractivity contribution in [2.45, 2.75) is 38.3 Å². The number of anilines is 1. The normalized spacial score (nSPS) is 19.1. The molecule has 1 aliphatic heterocycles. The first-order chi connectivity index (χ1) is 12.3. The molecule has 2 atom stereocenters. The Bertz CT molecular complexity index is 642. The van der Waals surface area contributed by atoms with Crippen LogP contribution in [-0.2, 0) is 9.59 Å². The van der Waals surface area contributed by atoms with Crippen LogP contribution in [0, 0.1) is 11.6 Å². The van der Waals surface area contributed by atoms with Crippen LogP contribution < -0.4 is 5.32 Å². The highest BCUT2D eigenvalue weighted by Crippen LogP contribution is 2.21. The number of para-hydroxylation sites is 1. The van der Waals surface area contributed by atoms with Crippen LogP contribution in [0.4, 0.5) is 14.5 Å². The third kappa shape index (κ3) is 6.41. The van der Waals surface area contributed by atoms with E-state index in [1.165, 1.54) is 6.07 Å². The summed E-state index contributed by atoms with van der Waals surface area (Å²) < 4.78 is 27.4. The van der Waals surface area contributed by atoms with E-state index in [2.05, 4.69) is 5.32 Å². The fourth-order valence-electron chi connectivity index (χ4n) is 3.28. The van der Waals surface area contributed by atoms with E-state index in [-0.39, 0.29) is 25.0 Å². The highest BCUT2D eigenvalue weighted by Gasteiger charge is 2.27. The van der Waals surface area contributed by atoms with Gasteiger partial charge in [-0.3, -0.25) is 19.4 Å². The molecule has 9 heteroatoms. The largest absolute Gasteiger partial charge is 0.480 e. The van der Waals surface area contributed by atoms with Gasteiger partial charge in [0.05, 0.1) is 12.6 Å². The molecule has 0 aromatic heterocycles. The van der Waals surface area contributed by atoms with Crippen molar-refractivity contribution in [3.63, 3.8) is 0 Å². The second-order valence-corrected chi connectivity index (χ2v) is 6.69. The van der Waals surface area contributed by atoms with Gasteiger partial charge in [0.1, 0.15) is 17.3 Å². The molecular weight excluding hydrogens is 380 g/mol. The summed E-state index contributed by atoms with van der Waals surface area (Å²) in [6.45, 7) is 2.97. The lowest BCUT2D eigenvalue weighted by Gasteiger charge is -2.28. The molecule has 1 amide bonds. The number of amides is 1. The smallest absolute Gasteiger partial charge is 0.317 e. The molecule has 0 spiro atoms. The van der Waals surface area contributed by atoms with E-state index in [1.54, 1.807) is 14.0 Å². The Morgan fingerprint density at radius 3 is 2.52 bits per heavy atom. The molecule has 2 unspecified atom stereocenters. The van der Waals surface area contributed by atoms with E-state index in [1.807, 2.05) is 9.80 Å². The molecule has 1 aromatic rings. The van der Waals surface area contributed by atoms with Crippen LogP contribution in [0.2, 0.25) is 0 Å². The highest BCUT2D eigenvalue weighted by atomic mass is 35.5. The van der Waals surface area contributed by atoms with Crippen molar-refractivity contribution in [3.05, 3.63) is 29.8 Å². The van der Waals surface area contributed by atoms with E-state index < -0.39 is 35.2 Å². The molecule has 0 radical (unpaired) electrons. The number of carbonyl (C=O) groups excluding carboxylic acids is 1. The zero-order valence-corrected chi connectivity index (χ0v) is 16.3. The van der Waals surface area contributed by atoms with E-state index in [0.717, 1.165) is 31.4 Å². The number of likely N-dealkylation sites (N-methyl/N-ethyl adjacent to an activating group) is 1. The molecule has 6 nitrogen and oxygen atoms in total. The average Bonchev–Trinajstić information content (AvgIpc) is 2.83. The maximum absolute atomic E-state index is 13.7. The van der Waals surface area contributed by atoms with Crippen molar-refractivity contribution in [1.29, 1.82) is 0 Å². The fourth-order valence-corrected chi connectivity index (χ4v) is 3.28. The first-order valence-electron chi connectivity index (χ1n) is 8.70. The van der Waals surface area contributed by atoms with Gasteiger partial charge in [-0.05, 0) is 51.9 Å². The molecule has 152 valence electrons. The predicted molar refractivity (Wildman–Crippen MR) is 101 cm³/mol. The van der Waals surface area contributed by atoms with E-state index in [9.17, 15) is 18.4 Å². The van der Waals surface area contributed by atoms with Crippen LogP contribution in [0.3, 0.4) is 0 Å². The minimum Gasteiger partial charge on any atom is -0.480 e. The molecule has 27 heavy (non-hydrogen) atoms. The number of rotatable bonds is 6. The third-order valence-electron chi connectivity index (χ3n) is 4.88. The molecular formula is C18H26ClF2N3O3. The Morgan fingerprint density at radius 1 is 1.30 bits per heavy atom. The molecule has 2 rings (SSSR count). The molecule has 1 heterocycles. The summed E-state index contributed by atoms with van der Waals surface area (Å²) in [5.41, 5.74) is -0.432. The molecule has 1 fully saturated rings. The van der Waals surface area contributed by atoms with Crippen LogP contribution in [0.5, 0.6) is 0 Å². The third-order valence-corrected chi connectivity index (χ3v) is 4.88. The lowest BCUT2D eigenvalue weighted by Crippen LogP contribution is -2.43. The summed E-state index contributed by atoms with van der Waals surface area (Å²) in [4.78, 5) is 27.0. The predicted octanol–water partition coefficient (Wildman–Crippen LogP) is 2.58. The van der Waals surface area contributed by atoms with Gasteiger partial charge in [-0.15, -0.1) is 12.4 Å². The Labute approximate surface area is 163 Å². The maximum atomic E-state index is 13.7. The first kappa shape index (κ1) is 23.3. The number of aliphatic carboxylic acids is 1. The zero-order valence-electron chi connectivity index (χ0n) is 15.5. The van der Waals surface area contributed by atoms with Gasteiger partial charge in [-0.25, -0.2) is 8.78 Å². The first-order valence-corrected chi connectivity index (χ1v) is 8.70. The second kappa shape index (κ2) is 10.5. The van der Waals surface area contributed by atoms with Crippen molar-refractivity contribution in [2.75, 3.05) is 32.0 Å². The van der Waals surface area contributed by atoms with Gasteiger partial charge < -0.3 is 10.4 Å². The van der Waals surface area contributed by atoms with Gasteiger partial charge in [0.2, 0.25) is 5.91 Å². The van der Waals surface area contributed by atoms with Gasteiger partial charge in [0.25, 0.3) is 0 Å². The number of hydrogen-bond donors (Lipinski definition) is 2. The number of carboxylic acids is 1. The lowest BCUT2D eigenvalue weighted by atomic mass is 10.1. The topological polar surface area (TPSA) is 72.9 Å². The van der Waals surface area contributed by atoms with Crippen LogP contribution in [-0.4, -0.2) is 65.5 Å². The maximum Gasteiger partial charge on any atom is 0.317 e. The van der Waals surface area contributed by atoms with Crippen molar-refractivity contribution >= 4 is 30.0 Å². The van der Waals surface area contributed by atoms with Gasteiger partial charge in [0, 0.05) is 12.6 Å². The Hall–Kier alpha value is -1.77. The number of carbonyl (C=O) groups is 2. The molecule has 1 saturated heterocycles. The van der Waals surface area contributed by atoms with Crippen LogP contribution in [0.1, 0.15) is 26.2 Å². The van der Waals surface area contributed by atoms with Crippen molar-refractivity contribution in [1.82, 2.24) is 9.80 Å². The SMILES string of the molecule is CC(C(=O)Nc1c(F)cccc1F)N1CCCC(N(C)CC(=O)O)CC1.Cl. The van der Waals surface area contributed by atoms with Crippen molar-refractivity contribution in [3.8, 4) is 0 Å². The summed E-state index contributed by atoms with van der Waals surface area (Å²) >= 11 is 0. The number of benzene rings is 1. The quantitative estimate of drug-likeness (QED) is 0.761. The van der Waals surface area contributed by atoms with Crippen molar-refractivity contribution in [2.24, 2.45) is 0 Å². The number of halogens is 3. The monoisotopic (exact) mass is 405 g/mol. The number of carboxylic acid groups (broad SMARTS) is 1. The van der Waals surface area contributed by atoms with Crippen LogP contribution in [0.15, 0.2) is 18.2 Å². The summed E-state index contributed by atoms with van der Waals surface area (Å²) in [6, 6.07) is 3.02. The van der Waals surface area contributed by atoms with Gasteiger partial charge >= 0.3 is 5.97 Å². The zero-order chi connectivity index (χ0) is 19.3. The summed E-state index contributed by atoms with van der Waals surface area (Å²) in [7, 11) is 1.78. The molecule has 0 saturated carbocycles. The van der Waals surface area contributed by atoms with E-state index in [4.69, 9.17) is 5.11 Å². The number of nitrogens with one attached hydrogen (secondary N) is 1. The minimum atomic E-state index is -0.867. The molecule has 0 aliphatic carbocycles. The standard InChI is InChI=1S/C18H25F2N3O3.ClH/c1-12(18(26)21-17-14(19)6-3-7-15(17)20)23-9-4-5-13(8-10-23)22(2)11-16(24)25;/h3,6-7,12-13H,4-5,8-11H2,1-2H3,(H,21,26)(H,24,25);1H. The molecule has 1 aliphatic rings. The minimum absolute atomic E-state index is 0. The number of hydrogen-bond acceptors (Lipinski definition) is 4. The van der Waals surface area contributed by atoms with E-state index in [0.29, 0.717) is 13.1 Å². The summed E-state index contributed by atoms with van der Waals surface area (Å²) in [5, 5.41) is 11.3. The van der Waals surface area contributed by atoms with Crippen LogP contribution in [0.25, 0.3) is 0 Å². The average molecular weight is 406 g/mol. The highest BCUT2D eigenvalue weighted by molar-refractivity contribution is 5.94. The Morgan fingerprint density at radius 2 is 1.93 bits per heavy atom. The van der Waals surface area contributed by atoms with Crippen LogP contribution >= 0.6 is 12.4 Å². The molecule has 1 aromatic carbocycles. The van der Waals surface area contributed by atoms with Crippen molar-refractivity contribution < 1.29 is 23.5 Å². The van der Waals surface area contributed by atoms with Gasteiger partial charge in [-0.1, -0.05) is 6.07 Å². The molecule has 2 N–H and O–H groups in total.